The third-order valence-corrected chi connectivity index (χ3v) is 13.1. The first kappa shape index (κ1) is 31.4. The molecule has 0 saturated heterocycles. The van der Waals surface area contributed by atoms with Gasteiger partial charge in [-0.25, -0.2) is 0 Å². The largest absolute Gasteiger partial charge is 0.416 e. The molecule has 3 rings (SSSR count). The van der Waals surface area contributed by atoms with Crippen molar-refractivity contribution in [2.45, 2.75) is 69.6 Å². The molecule has 0 atom stereocenters. The maximum Gasteiger partial charge on any atom is 0.416 e. The Morgan fingerprint density at radius 3 is 1.18 bits per heavy atom. The second-order valence-electron chi connectivity index (χ2n) is 11.0. The Bertz CT molecular complexity index is 1330. The zero-order valence-corrected chi connectivity index (χ0v) is 25.1. The third-order valence-electron chi connectivity index (χ3n) is 5.81. The van der Waals surface area contributed by atoms with E-state index in [1.807, 2.05) is 65.8 Å². The van der Waals surface area contributed by atoms with E-state index in [2.05, 4.69) is 0 Å². The summed E-state index contributed by atoms with van der Waals surface area (Å²) in [5.41, 5.74) is -1.95. The van der Waals surface area contributed by atoms with Crippen molar-refractivity contribution in [2.24, 2.45) is 0 Å². The van der Waals surface area contributed by atoms with Gasteiger partial charge in [0.1, 0.15) is 0 Å². The van der Waals surface area contributed by atoms with Gasteiger partial charge in [0.25, 0.3) is 0 Å². The van der Waals surface area contributed by atoms with Crippen LogP contribution in [-0.2, 0) is 35.8 Å². The SMILES string of the molecule is CC(C)(C)c1ccc([I+](OS(=O)(=O)c2cc(C(F)(F)F)cc(C(F)(F)F)c2)c2ccc(C(C)(C)C)cc2)cc1. The van der Waals surface area contributed by atoms with Gasteiger partial charge >= 0.3 is 42.7 Å². The van der Waals surface area contributed by atoms with Gasteiger partial charge in [-0.1, -0.05) is 65.8 Å². The smallest absolute Gasteiger partial charge is 0.190 e. The lowest BCUT2D eigenvalue weighted by molar-refractivity contribution is -1.03. The highest BCUT2D eigenvalue weighted by Crippen LogP contribution is 2.37. The molecule has 213 valence electrons. The molecule has 11 heteroatoms. The number of alkyl halides is 6. The maximum absolute atomic E-state index is 13.4. The second kappa shape index (κ2) is 10.7. The average molecular weight is 686 g/mol. The topological polar surface area (TPSA) is 43.4 Å². The van der Waals surface area contributed by atoms with Crippen LogP contribution in [0.2, 0.25) is 0 Å². The van der Waals surface area contributed by atoms with Crippen LogP contribution in [0, 0.1) is 7.14 Å². The molecular weight excluding hydrogens is 657 g/mol. The summed E-state index contributed by atoms with van der Waals surface area (Å²) in [7, 11) is -5.03. The Kier molecular flexibility index (Phi) is 8.61. The predicted molar refractivity (Wildman–Crippen MR) is 132 cm³/mol. The number of hydrogen-bond donors (Lipinski definition) is 0. The Morgan fingerprint density at radius 1 is 0.564 bits per heavy atom. The average Bonchev–Trinajstić information content (AvgIpc) is 2.80. The zero-order chi connectivity index (χ0) is 29.6. The number of rotatable bonds is 5. The summed E-state index contributed by atoms with van der Waals surface area (Å²) >= 11 is -3.39. The summed E-state index contributed by atoms with van der Waals surface area (Å²) < 4.78 is 114. The van der Waals surface area contributed by atoms with Gasteiger partial charge in [-0.15, -0.1) is 0 Å². The number of benzene rings is 3. The molecule has 0 spiro atoms. The van der Waals surface area contributed by atoms with Gasteiger partial charge < -0.3 is 0 Å². The van der Waals surface area contributed by atoms with E-state index in [1.165, 1.54) is 0 Å². The van der Waals surface area contributed by atoms with Crippen LogP contribution in [0.3, 0.4) is 0 Å². The zero-order valence-electron chi connectivity index (χ0n) is 22.1. The van der Waals surface area contributed by atoms with Crippen molar-refractivity contribution < 1.29 is 57.5 Å². The highest BCUT2D eigenvalue weighted by atomic mass is 127. The predicted octanol–water partition coefficient (Wildman–Crippen LogP) is 5.30. The fourth-order valence-electron chi connectivity index (χ4n) is 3.52. The summed E-state index contributed by atoms with van der Waals surface area (Å²) in [6.07, 6.45) is -10.4. The van der Waals surface area contributed by atoms with E-state index in [4.69, 9.17) is 2.51 Å². The van der Waals surface area contributed by atoms with E-state index in [9.17, 15) is 34.8 Å². The van der Waals surface area contributed by atoms with E-state index < -0.39 is 58.7 Å². The van der Waals surface area contributed by atoms with Gasteiger partial charge in [0.2, 0.25) is 0 Å². The molecule has 3 aromatic rings. The van der Waals surface area contributed by atoms with Crippen molar-refractivity contribution in [3.05, 3.63) is 96.1 Å². The number of halogens is 7. The van der Waals surface area contributed by atoms with Crippen molar-refractivity contribution in [1.82, 2.24) is 0 Å². The highest BCUT2D eigenvalue weighted by Gasteiger charge is 2.42. The van der Waals surface area contributed by atoms with Crippen LogP contribution in [0.4, 0.5) is 26.3 Å². The minimum absolute atomic E-state index is 0.119. The fraction of sp³-hybridized carbons (Fsp3) is 0.357. The Balaban J connectivity index is 2.15. The monoisotopic (exact) mass is 686 g/mol. The Hall–Kier alpha value is -2.12. The normalized spacial score (nSPS) is 13.7. The molecule has 0 fully saturated rings. The lowest BCUT2D eigenvalue weighted by Crippen LogP contribution is -3.85. The van der Waals surface area contributed by atoms with E-state index >= 15 is 0 Å². The Morgan fingerprint density at radius 2 is 0.897 bits per heavy atom. The molecule has 0 saturated carbocycles. The molecule has 0 bridgehead atoms. The molecule has 0 unspecified atom stereocenters. The lowest BCUT2D eigenvalue weighted by atomic mass is 9.87. The van der Waals surface area contributed by atoms with Gasteiger partial charge in [0.15, 0.2) is 7.14 Å². The van der Waals surface area contributed by atoms with Gasteiger partial charge in [-0.3, -0.25) is 0 Å². The molecule has 0 aliphatic heterocycles. The van der Waals surface area contributed by atoms with Gasteiger partial charge in [0, 0.05) is 0 Å². The van der Waals surface area contributed by atoms with Gasteiger partial charge in [-0.05, 0) is 66.9 Å². The van der Waals surface area contributed by atoms with Crippen molar-refractivity contribution in [2.75, 3.05) is 0 Å². The van der Waals surface area contributed by atoms with Crippen LogP contribution in [0.25, 0.3) is 0 Å². The van der Waals surface area contributed by atoms with Crippen molar-refractivity contribution >= 4 is 10.1 Å². The van der Waals surface area contributed by atoms with Crippen molar-refractivity contribution in [3.8, 4) is 0 Å². The first-order valence-corrected chi connectivity index (χ1v) is 16.2. The molecule has 0 amide bonds. The first-order valence-electron chi connectivity index (χ1n) is 11.7. The van der Waals surface area contributed by atoms with Gasteiger partial charge in [0.05, 0.1) is 16.0 Å². The maximum atomic E-state index is 13.4. The molecule has 0 N–H and O–H groups in total. The fourth-order valence-corrected chi connectivity index (χ4v) is 10.5. The van der Waals surface area contributed by atoms with Crippen molar-refractivity contribution in [3.63, 3.8) is 0 Å². The minimum Gasteiger partial charge on any atom is -0.190 e. The van der Waals surface area contributed by atoms with E-state index in [0.717, 1.165) is 11.1 Å². The van der Waals surface area contributed by atoms with E-state index in [-0.39, 0.29) is 29.0 Å². The number of hydrogen-bond acceptors (Lipinski definition) is 3. The molecule has 1 radical (unpaired) electrons. The van der Waals surface area contributed by atoms with Crippen LogP contribution < -0.4 is 20.2 Å². The lowest BCUT2D eigenvalue weighted by Gasteiger charge is -2.19. The molecule has 3 aromatic carbocycles. The summed E-state index contributed by atoms with van der Waals surface area (Å²) in [6.45, 7) is 12.0. The summed E-state index contributed by atoms with van der Waals surface area (Å²) in [5, 5.41) is 0. The van der Waals surface area contributed by atoms with Crippen molar-refractivity contribution in [1.29, 1.82) is 0 Å². The standard InChI is InChI=1S/C28H29F6IO3S/c1-25(2,3)18-7-11-22(12-8-18)35(23-13-9-19(10-14-23)26(4,5)6)38-39(36,37)24-16-20(27(29,30)31)15-21(17-24)28(32,33)34/h7-17H,1-6H3/q+1. The van der Waals surface area contributed by atoms with Crippen LogP contribution in [0.15, 0.2) is 71.6 Å². The first-order chi connectivity index (χ1) is 17.6. The molecule has 0 aromatic heterocycles. The highest BCUT2D eigenvalue weighted by molar-refractivity contribution is 7.86. The van der Waals surface area contributed by atoms with E-state index in [1.54, 1.807) is 24.3 Å². The molecular formula is C28H29F6IO3S+. The molecule has 0 aliphatic rings. The van der Waals surface area contributed by atoms with Gasteiger partial charge in [-0.2, -0.15) is 34.8 Å². The molecule has 3 nitrogen and oxygen atoms in total. The van der Waals surface area contributed by atoms with Crippen LogP contribution in [-0.4, -0.2) is 8.42 Å². The third kappa shape index (κ3) is 7.75. The van der Waals surface area contributed by atoms with E-state index in [0.29, 0.717) is 7.14 Å². The summed E-state index contributed by atoms with van der Waals surface area (Å²) in [5.74, 6) is 0. The molecule has 0 aliphatic carbocycles. The minimum atomic E-state index is -5.20. The van der Waals surface area contributed by atoms with Crippen LogP contribution in [0.5, 0.6) is 0 Å². The quantitative estimate of drug-likeness (QED) is 0.271. The van der Waals surface area contributed by atoms with Crippen LogP contribution >= 0.6 is 0 Å². The summed E-state index contributed by atoms with van der Waals surface area (Å²) in [6, 6.07) is 14.3. The molecule has 0 heterocycles. The Labute approximate surface area is 232 Å². The van der Waals surface area contributed by atoms with Crippen LogP contribution in [0.1, 0.15) is 63.8 Å². The molecule has 39 heavy (non-hydrogen) atoms. The second-order valence-corrected chi connectivity index (χ2v) is 17.5. The summed E-state index contributed by atoms with van der Waals surface area (Å²) in [4.78, 5) is -1.20.